The number of rotatable bonds is 3. The number of hydrogen-bond donors (Lipinski definition) is 1. The van der Waals surface area contributed by atoms with Gasteiger partial charge < -0.3 is 5.32 Å². The molecule has 1 aromatic heterocycles. The lowest BCUT2D eigenvalue weighted by atomic mass is 9.73. The molecule has 0 unspecified atom stereocenters. The highest BCUT2D eigenvalue weighted by atomic mass is 15.0. The molecule has 0 aliphatic heterocycles. The summed E-state index contributed by atoms with van der Waals surface area (Å²) in [6.07, 6.45) is 7.68. The fourth-order valence-electron chi connectivity index (χ4n) is 3.04. The van der Waals surface area contributed by atoms with Gasteiger partial charge in [0.25, 0.3) is 0 Å². The first-order valence-electron chi connectivity index (χ1n) is 7.64. The first-order valence-corrected chi connectivity index (χ1v) is 7.64. The van der Waals surface area contributed by atoms with E-state index in [9.17, 15) is 0 Å². The summed E-state index contributed by atoms with van der Waals surface area (Å²) in [6.45, 7) is 4.76. The van der Waals surface area contributed by atoms with Crippen LogP contribution in [0.25, 0.3) is 0 Å². The predicted octanol–water partition coefficient (Wildman–Crippen LogP) is 4.08. The summed E-state index contributed by atoms with van der Waals surface area (Å²) in [5.74, 6) is 3.36. The summed E-state index contributed by atoms with van der Waals surface area (Å²) in [5.41, 5.74) is 1.77. The van der Waals surface area contributed by atoms with Crippen molar-refractivity contribution in [2.45, 2.75) is 64.2 Å². The molecule has 104 valence electrons. The Kier molecular flexibility index (Phi) is 3.23. The number of anilines is 1. The zero-order valence-corrected chi connectivity index (χ0v) is 12.4. The van der Waals surface area contributed by atoms with E-state index in [1.165, 1.54) is 44.2 Å². The van der Waals surface area contributed by atoms with Gasteiger partial charge in [0.15, 0.2) is 0 Å². The minimum absolute atomic E-state index is 0.510. The van der Waals surface area contributed by atoms with E-state index in [2.05, 4.69) is 25.2 Å². The van der Waals surface area contributed by atoms with Gasteiger partial charge in [-0.2, -0.15) is 0 Å². The molecule has 2 aliphatic carbocycles. The first kappa shape index (κ1) is 12.9. The van der Waals surface area contributed by atoms with Crippen molar-refractivity contribution in [2.24, 2.45) is 5.41 Å². The summed E-state index contributed by atoms with van der Waals surface area (Å²) in [4.78, 5) is 9.57. The Balaban J connectivity index is 1.81. The van der Waals surface area contributed by atoms with Crippen molar-refractivity contribution >= 4 is 5.82 Å². The molecule has 0 atom stereocenters. The van der Waals surface area contributed by atoms with Crippen LogP contribution in [0.4, 0.5) is 5.82 Å². The van der Waals surface area contributed by atoms with Crippen LogP contribution in [-0.4, -0.2) is 17.0 Å². The molecule has 1 heterocycles. The number of nitrogens with zero attached hydrogens (tertiary/aromatic N) is 2. The van der Waals surface area contributed by atoms with Crippen LogP contribution in [0.15, 0.2) is 6.07 Å². The average Bonchev–Trinajstić information content (AvgIpc) is 3.22. The van der Waals surface area contributed by atoms with Gasteiger partial charge in [0.2, 0.25) is 0 Å². The van der Waals surface area contributed by atoms with Gasteiger partial charge in [0, 0.05) is 30.6 Å². The molecule has 2 aliphatic rings. The largest absolute Gasteiger partial charge is 0.373 e. The zero-order valence-electron chi connectivity index (χ0n) is 12.4. The maximum absolute atomic E-state index is 4.86. The number of nitrogens with one attached hydrogen (secondary N) is 1. The highest BCUT2D eigenvalue weighted by Crippen LogP contribution is 2.43. The Morgan fingerprint density at radius 1 is 1.05 bits per heavy atom. The minimum Gasteiger partial charge on any atom is -0.373 e. The maximum atomic E-state index is 4.86. The zero-order chi connectivity index (χ0) is 13.5. The molecule has 1 N–H and O–H groups in total. The average molecular weight is 259 g/mol. The van der Waals surface area contributed by atoms with E-state index < -0.39 is 0 Å². The smallest absolute Gasteiger partial charge is 0.134 e. The van der Waals surface area contributed by atoms with Gasteiger partial charge in [-0.15, -0.1) is 0 Å². The van der Waals surface area contributed by atoms with Crippen LogP contribution in [-0.2, 0) is 0 Å². The minimum atomic E-state index is 0.510. The summed E-state index contributed by atoms with van der Waals surface area (Å²) in [5, 5.41) is 3.19. The maximum Gasteiger partial charge on any atom is 0.134 e. The van der Waals surface area contributed by atoms with E-state index in [0.717, 1.165) is 11.6 Å². The second-order valence-corrected chi connectivity index (χ2v) is 7.00. The summed E-state index contributed by atoms with van der Waals surface area (Å²) < 4.78 is 0. The van der Waals surface area contributed by atoms with E-state index in [1.54, 1.807) is 0 Å². The number of hydrogen-bond acceptors (Lipinski definition) is 3. The third-order valence-corrected chi connectivity index (χ3v) is 4.72. The van der Waals surface area contributed by atoms with Crippen molar-refractivity contribution in [2.75, 3.05) is 12.4 Å². The Bertz CT molecular complexity index is 453. The lowest BCUT2D eigenvalue weighted by molar-refractivity contribution is 0.220. The first-order chi connectivity index (χ1) is 9.07. The molecular formula is C16H25N3. The molecule has 0 bridgehead atoms. The molecule has 0 saturated heterocycles. The quantitative estimate of drug-likeness (QED) is 0.888. The SMILES string of the molecule is CNc1cc(C2CC2)nc(C2CCC(C)(C)CC2)n1. The highest BCUT2D eigenvalue weighted by molar-refractivity contribution is 5.37. The Labute approximate surface area is 116 Å². The third-order valence-electron chi connectivity index (χ3n) is 4.72. The van der Waals surface area contributed by atoms with Crippen molar-refractivity contribution in [3.8, 4) is 0 Å². The normalized spacial score (nSPS) is 23.3. The van der Waals surface area contributed by atoms with Gasteiger partial charge in [-0.1, -0.05) is 13.8 Å². The van der Waals surface area contributed by atoms with E-state index in [0.29, 0.717) is 17.3 Å². The molecule has 3 heteroatoms. The van der Waals surface area contributed by atoms with Crippen LogP contribution in [0.1, 0.15) is 75.7 Å². The molecule has 0 radical (unpaired) electrons. The van der Waals surface area contributed by atoms with Crippen molar-refractivity contribution in [1.29, 1.82) is 0 Å². The van der Waals surface area contributed by atoms with E-state index in [-0.39, 0.29) is 0 Å². The molecule has 19 heavy (non-hydrogen) atoms. The monoisotopic (exact) mass is 259 g/mol. The topological polar surface area (TPSA) is 37.8 Å². The van der Waals surface area contributed by atoms with Gasteiger partial charge >= 0.3 is 0 Å². The lowest BCUT2D eigenvalue weighted by Crippen LogP contribution is -2.21. The van der Waals surface area contributed by atoms with Gasteiger partial charge in [0.1, 0.15) is 11.6 Å². The second kappa shape index (κ2) is 4.77. The van der Waals surface area contributed by atoms with Crippen LogP contribution >= 0.6 is 0 Å². The third kappa shape index (κ3) is 2.90. The highest BCUT2D eigenvalue weighted by Gasteiger charge is 2.31. The molecule has 0 amide bonds. The summed E-state index contributed by atoms with van der Waals surface area (Å²) in [6, 6.07) is 2.13. The molecule has 2 saturated carbocycles. The van der Waals surface area contributed by atoms with Crippen molar-refractivity contribution in [1.82, 2.24) is 9.97 Å². The molecule has 0 aromatic carbocycles. The van der Waals surface area contributed by atoms with Crippen LogP contribution in [0.5, 0.6) is 0 Å². The standard InChI is InChI=1S/C16H25N3/c1-16(2)8-6-12(7-9-16)15-18-13(11-4-5-11)10-14(17-3)19-15/h10-12H,4-9H2,1-3H3,(H,17,18,19). The van der Waals surface area contributed by atoms with Gasteiger partial charge in [-0.05, 0) is 43.9 Å². The van der Waals surface area contributed by atoms with E-state index >= 15 is 0 Å². The van der Waals surface area contributed by atoms with Crippen molar-refractivity contribution < 1.29 is 0 Å². The van der Waals surface area contributed by atoms with Gasteiger partial charge in [-0.25, -0.2) is 9.97 Å². The fraction of sp³-hybridized carbons (Fsp3) is 0.750. The molecule has 3 nitrogen and oxygen atoms in total. The van der Waals surface area contributed by atoms with Gasteiger partial charge in [-0.3, -0.25) is 0 Å². The molecule has 1 aromatic rings. The van der Waals surface area contributed by atoms with Crippen LogP contribution < -0.4 is 5.32 Å². The Morgan fingerprint density at radius 3 is 2.32 bits per heavy atom. The van der Waals surface area contributed by atoms with E-state index in [4.69, 9.17) is 9.97 Å². The Morgan fingerprint density at radius 2 is 1.74 bits per heavy atom. The fourth-order valence-corrected chi connectivity index (χ4v) is 3.04. The molecular weight excluding hydrogens is 234 g/mol. The van der Waals surface area contributed by atoms with Crippen molar-refractivity contribution in [3.63, 3.8) is 0 Å². The van der Waals surface area contributed by atoms with Gasteiger partial charge in [0.05, 0.1) is 0 Å². The summed E-state index contributed by atoms with van der Waals surface area (Å²) in [7, 11) is 1.95. The van der Waals surface area contributed by atoms with Crippen molar-refractivity contribution in [3.05, 3.63) is 17.6 Å². The molecule has 0 spiro atoms. The lowest BCUT2D eigenvalue weighted by Gasteiger charge is -2.33. The van der Waals surface area contributed by atoms with Crippen LogP contribution in [0, 0.1) is 5.41 Å². The van der Waals surface area contributed by atoms with E-state index in [1.807, 2.05) is 7.05 Å². The second-order valence-electron chi connectivity index (χ2n) is 7.00. The molecule has 3 rings (SSSR count). The Hall–Kier alpha value is -1.12. The predicted molar refractivity (Wildman–Crippen MR) is 78.5 cm³/mol. The number of aromatic nitrogens is 2. The van der Waals surface area contributed by atoms with Crippen LogP contribution in [0.3, 0.4) is 0 Å². The van der Waals surface area contributed by atoms with Crippen LogP contribution in [0.2, 0.25) is 0 Å². The summed E-state index contributed by atoms with van der Waals surface area (Å²) >= 11 is 0. The molecule has 2 fully saturated rings.